The molecule has 11 heteroatoms. The molecule has 5 atom stereocenters. The van der Waals surface area contributed by atoms with Crippen LogP contribution in [-0.2, 0) is 4.74 Å². The lowest BCUT2D eigenvalue weighted by Crippen LogP contribution is -2.55. The molecule has 33 heavy (non-hydrogen) atoms. The van der Waals surface area contributed by atoms with E-state index in [0.29, 0.717) is 0 Å². The number of benzene rings is 2. The molecule has 0 unspecified atom stereocenters. The molecule has 1 fully saturated rings. The van der Waals surface area contributed by atoms with Crippen molar-refractivity contribution in [3.05, 3.63) is 65.1 Å². The molecule has 1 aliphatic rings. The van der Waals surface area contributed by atoms with Gasteiger partial charge in [0.1, 0.15) is 35.5 Å². The first-order valence-electron chi connectivity index (χ1n) is 10.1. The number of nitrogens with zero attached hydrogens (tertiary/aromatic N) is 3. The van der Waals surface area contributed by atoms with Gasteiger partial charge in [-0.15, -0.1) is 5.10 Å². The van der Waals surface area contributed by atoms with Crippen LogP contribution in [0.2, 0.25) is 0 Å². The van der Waals surface area contributed by atoms with Crippen LogP contribution in [0.4, 0.5) is 13.2 Å². The zero-order valence-corrected chi connectivity index (χ0v) is 18.5. The maximum Gasteiger partial charge on any atom is 0.194 e. The topological polar surface area (TPSA) is 101 Å². The van der Waals surface area contributed by atoms with Gasteiger partial charge in [-0.05, 0) is 37.1 Å². The fraction of sp³-hybridized carbons (Fsp3) is 0.364. The van der Waals surface area contributed by atoms with Crippen LogP contribution in [0.15, 0.2) is 41.4 Å². The van der Waals surface area contributed by atoms with E-state index in [1.807, 2.05) is 32.0 Å². The van der Waals surface area contributed by atoms with Crippen molar-refractivity contribution in [2.45, 2.75) is 48.5 Å². The molecule has 1 saturated heterocycles. The van der Waals surface area contributed by atoms with Gasteiger partial charge in [0.25, 0.3) is 0 Å². The van der Waals surface area contributed by atoms with Gasteiger partial charge in [0.2, 0.25) is 0 Å². The molecule has 0 amide bonds. The van der Waals surface area contributed by atoms with Crippen LogP contribution in [0, 0.1) is 31.3 Å². The molecule has 0 bridgehead atoms. The molecule has 4 rings (SSSR count). The standard InChI is InChI=1S/C22H22F3N3O4S/c1-10-4-3-5-11(2)21(10)33-22-20(31)18(19(30)16(9-29)32-22)28-8-15(26-27-28)12-6-13(23)17(25)14(24)7-12/h3-8,16,18-20,22,29-31H,9H2,1-2H3/t16-,18+,19+,20-,22-/m1/s1. The van der Waals surface area contributed by atoms with E-state index in [4.69, 9.17) is 4.74 Å². The summed E-state index contributed by atoms with van der Waals surface area (Å²) in [5, 5.41) is 39.3. The zero-order chi connectivity index (χ0) is 23.9. The Morgan fingerprint density at radius 2 is 1.70 bits per heavy atom. The van der Waals surface area contributed by atoms with E-state index in [0.717, 1.165) is 32.8 Å². The van der Waals surface area contributed by atoms with Gasteiger partial charge in [0, 0.05) is 10.5 Å². The second-order valence-electron chi connectivity index (χ2n) is 7.87. The van der Waals surface area contributed by atoms with E-state index in [9.17, 15) is 28.5 Å². The van der Waals surface area contributed by atoms with Crippen molar-refractivity contribution < 1.29 is 33.2 Å². The van der Waals surface area contributed by atoms with Gasteiger partial charge in [0.05, 0.1) is 12.8 Å². The van der Waals surface area contributed by atoms with Crippen molar-refractivity contribution in [1.82, 2.24) is 15.0 Å². The number of aliphatic hydroxyl groups excluding tert-OH is 3. The second-order valence-corrected chi connectivity index (χ2v) is 8.98. The van der Waals surface area contributed by atoms with Crippen LogP contribution in [0.5, 0.6) is 0 Å². The Balaban J connectivity index is 1.66. The van der Waals surface area contributed by atoms with Crippen LogP contribution in [0.1, 0.15) is 17.2 Å². The average Bonchev–Trinajstić information content (AvgIpc) is 3.25. The van der Waals surface area contributed by atoms with Crippen LogP contribution in [-0.4, -0.2) is 60.7 Å². The predicted molar refractivity (Wildman–Crippen MR) is 114 cm³/mol. The first-order valence-corrected chi connectivity index (χ1v) is 11.0. The Labute approximate surface area is 191 Å². The Hall–Kier alpha value is -2.44. The molecular formula is C22H22F3N3O4S. The lowest BCUT2D eigenvalue weighted by atomic mass is 9.97. The molecular weight excluding hydrogens is 459 g/mol. The Morgan fingerprint density at radius 3 is 2.30 bits per heavy atom. The molecule has 0 spiro atoms. The molecule has 0 aliphatic carbocycles. The number of thioether (sulfide) groups is 1. The van der Waals surface area contributed by atoms with E-state index < -0.39 is 53.8 Å². The molecule has 7 nitrogen and oxygen atoms in total. The summed E-state index contributed by atoms with van der Waals surface area (Å²) in [6, 6.07) is 6.23. The summed E-state index contributed by atoms with van der Waals surface area (Å²) in [6.45, 7) is 3.33. The molecule has 1 aromatic heterocycles. The predicted octanol–water partition coefficient (Wildman–Crippen LogP) is 2.75. The molecule has 0 saturated carbocycles. The van der Waals surface area contributed by atoms with Crippen molar-refractivity contribution in [3.8, 4) is 11.3 Å². The molecule has 3 aromatic rings. The first kappa shape index (κ1) is 23.7. The average molecular weight is 481 g/mol. The van der Waals surface area contributed by atoms with E-state index in [-0.39, 0.29) is 11.3 Å². The molecule has 2 aromatic carbocycles. The number of rotatable bonds is 5. The van der Waals surface area contributed by atoms with E-state index >= 15 is 0 Å². The highest BCUT2D eigenvalue weighted by molar-refractivity contribution is 8.00. The third-order valence-corrected chi connectivity index (χ3v) is 7.09. The van der Waals surface area contributed by atoms with Crippen LogP contribution >= 0.6 is 11.8 Å². The Bertz CT molecular complexity index is 1120. The van der Waals surface area contributed by atoms with Crippen LogP contribution in [0.3, 0.4) is 0 Å². The third-order valence-electron chi connectivity index (χ3n) is 5.59. The highest BCUT2D eigenvalue weighted by Gasteiger charge is 2.46. The Kier molecular flexibility index (Phi) is 6.78. The number of aryl methyl sites for hydroxylation is 2. The Morgan fingerprint density at radius 1 is 1.06 bits per heavy atom. The molecule has 3 N–H and O–H groups in total. The zero-order valence-electron chi connectivity index (χ0n) is 17.7. The summed E-state index contributed by atoms with van der Waals surface area (Å²) in [6.07, 6.45) is -2.36. The van der Waals surface area contributed by atoms with Gasteiger partial charge in [-0.1, -0.05) is 35.2 Å². The van der Waals surface area contributed by atoms with Gasteiger partial charge in [-0.3, -0.25) is 0 Å². The van der Waals surface area contributed by atoms with E-state index in [2.05, 4.69) is 10.3 Å². The summed E-state index contributed by atoms with van der Waals surface area (Å²) in [7, 11) is 0. The summed E-state index contributed by atoms with van der Waals surface area (Å²) in [5.41, 5.74) is 1.04. The number of hydrogen-bond donors (Lipinski definition) is 3. The third kappa shape index (κ3) is 4.51. The SMILES string of the molecule is Cc1cccc(C)c1S[C@H]1O[C@H](CO)[C@H](O)[C@H](n2cc(-c3cc(F)c(F)c(F)c3)nn2)[C@H]1O. The fourth-order valence-electron chi connectivity index (χ4n) is 3.84. The van der Waals surface area contributed by atoms with Gasteiger partial charge < -0.3 is 20.1 Å². The smallest absolute Gasteiger partial charge is 0.194 e. The fourth-order valence-corrected chi connectivity index (χ4v) is 5.08. The lowest BCUT2D eigenvalue weighted by Gasteiger charge is -2.42. The summed E-state index contributed by atoms with van der Waals surface area (Å²) >= 11 is 1.26. The van der Waals surface area contributed by atoms with Gasteiger partial charge >= 0.3 is 0 Å². The number of ether oxygens (including phenoxy) is 1. The minimum absolute atomic E-state index is 0.0122. The molecule has 1 aliphatic heterocycles. The van der Waals surface area contributed by atoms with Gasteiger partial charge in [0.15, 0.2) is 17.5 Å². The first-order chi connectivity index (χ1) is 15.7. The molecule has 176 valence electrons. The van der Waals surface area contributed by atoms with Crippen molar-refractivity contribution in [3.63, 3.8) is 0 Å². The number of aromatic nitrogens is 3. The summed E-state index contributed by atoms with van der Waals surface area (Å²) in [5.74, 6) is -4.36. The van der Waals surface area contributed by atoms with Crippen molar-refractivity contribution >= 4 is 11.8 Å². The number of hydrogen-bond acceptors (Lipinski definition) is 7. The van der Waals surface area contributed by atoms with Crippen LogP contribution < -0.4 is 0 Å². The number of aliphatic hydroxyl groups is 3. The minimum Gasteiger partial charge on any atom is -0.394 e. The largest absolute Gasteiger partial charge is 0.394 e. The highest BCUT2D eigenvalue weighted by atomic mass is 32.2. The minimum atomic E-state index is -1.60. The normalized spacial score (nSPS) is 25.4. The van der Waals surface area contributed by atoms with Crippen molar-refractivity contribution in [2.24, 2.45) is 0 Å². The lowest BCUT2D eigenvalue weighted by molar-refractivity contribution is -0.178. The van der Waals surface area contributed by atoms with E-state index in [1.165, 1.54) is 18.0 Å². The quantitative estimate of drug-likeness (QED) is 0.482. The summed E-state index contributed by atoms with van der Waals surface area (Å²) < 4.78 is 47.5. The second kappa shape index (κ2) is 9.43. The summed E-state index contributed by atoms with van der Waals surface area (Å²) in [4.78, 5) is 0.893. The van der Waals surface area contributed by atoms with Crippen LogP contribution in [0.25, 0.3) is 11.3 Å². The number of halogens is 3. The van der Waals surface area contributed by atoms with Gasteiger partial charge in [-0.25, -0.2) is 17.9 Å². The molecule has 2 heterocycles. The van der Waals surface area contributed by atoms with Crippen molar-refractivity contribution in [2.75, 3.05) is 6.61 Å². The maximum absolute atomic E-state index is 13.6. The van der Waals surface area contributed by atoms with E-state index in [1.54, 1.807) is 0 Å². The van der Waals surface area contributed by atoms with Crippen molar-refractivity contribution in [1.29, 1.82) is 0 Å². The monoisotopic (exact) mass is 481 g/mol. The maximum atomic E-state index is 13.6. The highest BCUT2D eigenvalue weighted by Crippen LogP contribution is 2.40. The molecule has 0 radical (unpaired) electrons. The van der Waals surface area contributed by atoms with Gasteiger partial charge in [-0.2, -0.15) is 0 Å².